The minimum atomic E-state index is -0.795. The first kappa shape index (κ1) is 25.1. The van der Waals surface area contributed by atoms with Crippen molar-refractivity contribution in [3.8, 4) is 5.75 Å². The Bertz CT molecular complexity index is 1090. The van der Waals surface area contributed by atoms with Crippen LogP contribution in [0.2, 0.25) is 0 Å². The Morgan fingerprint density at radius 3 is 1.91 bits per heavy atom. The quantitative estimate of drug-likeness (QED) is 0.419. The predicted molar refractivity (Wildman–Crippen MR) is 136 cm³/mol. The summed E-state index contributed by atoms with van der Waals surface area (Å²) in [5, 5.41) is 11.4. The van der Waals surface area contributed by atoms with Crippen LogP contribution < -0.4 is 9.64 Å². The number of nitrogens with zero attached hydrogens (tertiary/aromatic N) is 1. The maximum atomic E-state index is 13.2. The average molecular weight is 460 g/mol. The van der Waals surface area contributed by atoms with Crippen LogP contribution in [0.15, 0.2) is 96.7 Å². The molecule has 0 saturated heterocycles. The minimum Gasteiger partial charge on any atom is -0.497 e. The topological polar surface area (TPSA) is 59.0 Å². The van der Waals surface area contributed by atoms with Crippen LogP contribution >= 0.6 is 0 Å². The van der Waals surface area contributed by atoms with Gasteiger partial charge in [0.1, 0.15) is 11.4 Å². The number of benzene rings is 3. The van der Waals surface area contributed by atoms with E-state index in [-0.39, 0.29) is 5.92 Å². The molecular weight excluding hydrogens is 426 g/mol. The first-order valence-electron chi connectivity index (χ1n) is 11.3. The molecule has 0 heterocycles. The molecule has 2 atom stereocenters. The number of carbonyl (C=O) groups excluding carboxylic acids is 1. The maximum Gasteiger partial charge on any atom is 0.418 e. The van der Waals surface area contributed by atoms with Gasteiger partial charge in [-0.3, -0.25) is 4.90 Å². The molecule has 3 aromatic rings. The zero-order chi connectivity index (χ0) is 24.7. The van der Waals surface area contributed by atoms with Crippen LogP contribution in [0.5, 0.6) is 5.75 Å². The van der Waals surface area contributed by atoms with Gasteiger partial charge in [-0.2, -0.15) is 0 Å². The molecule has 0 aliphatic carbocycles. The van der Waals surface area contributed by atoms with Gasteiger partial charge in [-0.25, -0.2) is 4.79 Å². The molecule has 0 fully saturated rings. The number of hydrogen-bond acceptors (Lipinski definition) is 4. The Kier molecular flexibility index (Phi) is 8.13. The molecule has 0 aliphatic heterocycles. The highest BCUT2D eigenvalue weighted by atomic mass is 16.6. The molecule has 1 amide bonds. The number of aliphatic hydroxyl groups excluding tert-OH is 1. The summed E-state index contributed by atoms with van der Waals surface area (Å²) in [7, 11) is 1.60. The summed E-state index contributed by atoms with van der Waals surface area (Å²) in [6.07, 6.45) is 0.453. The van der Waals surface area contributed by atoms with Crippen molar-refractivity contribution >= 4 is 11.8 Å². The molecule has 178 valence electrons. The van der Waals surface area contributed by atoms with Crippen molar-refractivity contribution in [3.05, 3.63) is 108 Å². The highest BCUT2D eigenvalue weighted by Gasteiger charge is 2.27. The number of carbonyl (C=O) groups is 1. The van der Waals surface area contributed by atoms with Gasteiger partial charge in [0.2, 0.25) is 0 Å². The van der Waals surface area contributed by atoms with Gasteiger partial charge in [-0.1, -0.05) is 60.7 Å². The van der Waals surface area contributed by atoms with Crippen molar-refractivity contribution < 1.29 is 19.4 Å². The summed E-state index contributed by atoms with van der Waals surface area (Å²) in [5.41, 5.74) is 2.54. The van der Waals surface area contributed by atoms with Gasteiger partial charge < -0.3 is 14.6 Å². The highest BCUT2D eigenvalue weighted by molar-refractivity contribution is 5.90. The lowest BCUT2D eigenvalue weighted by atomic mass is 9.84. The second kappa shape index (κ2) is 11.0. The van der Waals surface area contributed by atoms with E-state index in [1.54, 1.807) is 37.6 Å². The van der Waals surface area contributed by atoms with Crippen LogP contribution in [0.3, 0.4) is 0 Å². The molecule has 3 rings (SSSR count). The Hall–Kier alpha value is -3.57. The second-order valence-electron chi connectivity index (χ2n) is 9.17. The van der Waals surface area contributed by atoms with Crippen LogP contribution in [0, 0.1) is 0 Å². The molecule has 0 aromatic heterocycles. The van der Waals surface area contributed by atoms with Gasteiger partial charge in [0.15, 0.2) is 0 Å². The zero-order valence-electron chi connectivity index (χ0n) is 20.4. The van der Waals surface area contributed by atoms with Crippen molar-refractivity contribution in [1.29, 1.82) is 0 Å². The van der Waals surface area contributed by atoms with Crippen molar-refractivity contribution in [2.24, 2.45) is 0 Å². The number of anilines is 1. The summed E-state index contributed by atoms with van der Waals surface area (Å²) in [5.74, 6) is 0.321. The first-order valence-corrected chi connectivity index (χ1v) is 11.3. The molecular formula is C29H33NO4. The van der Waals surface area contributed by atoms with E-state index in [2.05, 4.69) is 0 Å². The largest absolute Gasteiger partial charge is 0.497 e. The third-order valence-corrected chi connectivity index (χ3v) is 5.38. The van der Waals surface area contributed by atoms with E-state index < -0.39 is 17.8 Å². The van der Waals surface area contributed by atoms with Gasteiger partial charge >= 0.3 is 6.09 Å². The standard InChI is InChI=1S/C29H33NO4/c1-21(26(22-12-8-6-9-13-22)27(31)23-14-10-7-11-15-23)20-30(28(32)34-29(2,3)4)24-16-18-25(33-5)19-17-24/h6-20,26-27,31H,1-5H3/b21-20-/t26-,27?/m0/s1. The summed E-state index contributed by atoms with van der Waals surface area (Å²) in [4.78, 5) is 14.7. The van der Waals surface area contributed by atoms with E-state index in [0.29, 0.717) is 11.4 Å². The summed E-state index contributed by atoms with van der Waals surface area (Å²) < 4.78 is 11.0. The number of hydrogen-bond donors (Lipinski definition) is 1. The molecule has 5 nitrogen and oxygen atoms in total. The average Bonchev–Trinajstić information content (AvgIpc) is 2.83. The Morgan fingerprint density at radius 2 is 1.41 bits per heavy atom. The van der Waals surface area contributed by atoms with Crippen molar-refractivity contribution in [2.45, 2.75) is 45.3 Å². The SMILES string of the molecule is COc1ccc(N(/C=C(/C)[C@@H](c2ccccc2)C(O)c2ccccc2)C(=O)OC(C)(C)C)cc1. The van der Waals surface area contributed by atoms with E-state index >= 15 is 0 Å². The molecule has 0 spiro atoms. The lowest BCUT2D eigenvalue weighted by molar-refractivity contribution is 0.0595. The second-order valence-corrected chi connectivity index (χ2v) is 9.17. The van der Waals surface area contributed by atoms with E-state index in [1.807, 2.05) is 88.4 Å². The molecule has 34 heavy (non-hydrogen) atoms. The van der Waals surface area contributed by atoms with E-state index in [1.165, 1.54) is 4.90 Å². The fraction of sp³-hybridized carbons (Fsp3) is 0.276. The van der Waals surface area contributed by atoms with Gasteiger partial charge in [-0.15, -0.1) is 0 Å². The summed E-state index contributed by atoms with van der Waals surface area (Å²) in [6, 6.07) is 26.6. The summed E-state index contributed by atoms with van der Waals surface area (Å²) in [6.45, 7) is 7.42. The smallest absolute Gasteiger partial charge is 0.418 e. The van der Waals surface area contributed by atoms with Gasteiger partial charge in [-0.05, 0) is 68.7 Å². The third-order valence-electron chi connectivity index (χ3n) is 5.38. The molecule has 0 aliphatic rings. The summed E-state index contributed by atoms with van der Waals surface area (Å²) >= 11 is 0. The Labute approximate surface area is 202 Å². The molecule has 1 N–H and O–H groups in total. The number of aliphatic hydroxyl groups is 1. The van der Waals surface area contributed by atoms with Crippen LogP contribution in [0.25, 0.3) is 0 Å². The number of amides is 1. The number of methoxy groups -OCH3 is 1. The predicted octanol–water partition coefficient (Wildman–Crippen LogP) is 6.86. The lowest BCUT2D eigenvalue weighted by Crippen LogP contribution is -2.34. The van der Waals surface area contributed by atoms with Crippen molar-refractivity contribution in [3.63, 3.8) is 0 Å². The van der Waals surface area contributed by atoms with Crippen LogP contribution in [-0.4, -0.2) is 23.9 Å². The fourth-order valence-electron chi connectivity index (χ4n) is 3.77. The van der Waals surface area contributed by atoms with Crippen molar-refractivity contribution in [2.75, 3.05) is 12.0 Å². The van der Waals surface area contributed by atoms with E-state index in [0.717, 1.165) is 16.7 Å². The third kappa shape index (κ3) is 6.49. The van der Waals surface area contributed by atoms with E-state index in [4.69, 9.17) is 9.47 Å². The maximum absolute atomic E-state index is 13.2. The molecule has 1 unspecified atom stereocenters. The van der Waals surface area contributed by atoms with Crippen LogP contribution in [0.4, 0.5) is 10.5 Å². The monoisotopic (exact) mass is 459 g/mol. The Morgan fingerprint density at radius 1 is 0.882 bits per heavy atom. The van der Waals surface area contributed by atoms with Gasteiger partial charge in [0, 0.05) is 12.1 Å². The lowest BCUT2D eigenvalue weighted by Gasteiger charge is -2.29. The first-order chi connectivity index (χ1) is 16.2. The zero-order valence-corrected chi connectivity index (χ0v) is 20.4. The normalized spacial score (nSPS) is 13.6. The molecule has 5 heteroatoms. The van der Waals surface area contributed by atoms with Gasteiger partial charge in [0.25, 0.3) is 0 Å². The van der Waals surface area contributed by atoms with Crippen LogP contribution in [0.1, 0.15) is 50.8 Å². The van der Waals surface area contributed by atoms with E-state index in [9.17, 15) is 9.90 Å². The fourth-order valence-corrected chi connectivity index (χ4v) is 3.77. The molecule has 0 saturated carbocycles. The molecule has 0 bridgehead atoms. The van der Waals surface area contributed by atoms with Gasteiger partial charge in [0.05, 0.1) is 18.9 Å². The number of ether oxygens (including phenoxy) is 2. The Balaban J connectivity index is 2.07. The number of rotatable bonds is 7. The highest BCUT2D eigenvalue weighted by Crippen LogP contribution is 2.37. The van der Waals surface area contributed by atoms with Crippen LogP contribution in [-0.2, 0) is 4.74 Å². The molecule has 3 aromatic carbocycles. The minimum absolute atomic E-state index is 0.369. The molecule has 0 radical (unpaired) electrons. The van der Waals surface area contributed by atoms with Crippen molar-refractivity contribution in [1.82, 2.24) is 0 Å².